The molecule has 0 aromatic carbocycles. The molecule has 0 aliphatic carbocycles. The molecular formula is C12H11ClF2N4O2. The second-order valence-electron chi connectivity index (χ2n) is 3.77. The van der Waals surface area contributed by atoms with Gasteiger partial charge in [0.25, 0.3) is 0 Å². The summed E-state index contributed by atoms with van der Waals surface area (Å²) in [6.45, 7) is -2.57. The van der Waals surface area contributed by atoms with Gasteiger partial charge in [0.2, 0.25) is 0 Å². The first-order valence-electron chi connectivity index (χ1n) is 5.78. The molecule has 0 aliphatic rings. The Balaban J connectivity index is 1.99. The van der Waals surface area contributed by atoms with Gasteiger partial charge in [0.05, 0.1) is 31.7 Å². The van der Waals surface area contributed by atoms with Crippen LogP contribution in [-0.2, 0) is 6.54 Å². The fourth-order valence-electron chi connectivity index (χ4n) is 1.44. The molecular weight excluding hydrogens is 306 g/mol. The molecule has 0 saturated carbocycles. The highest BCUT2D eigenvalue weighted by Gasteiger charge is 2.07. The van der Waals surface area contributed by atoms with Gasteiger partial charge in [-0.15, -0.1) is 0 Å². The molecule has 21 heavy (non-hydrogen) atoms. The Morgan fingerprint density at radius 1 is 1.29 bits per heavy atom. The molecule has 0 spiro atoms. The number of nitrogens with zero attached hydrogens (tertiary/aromatic N) is 3. The Kier molecular flexibility index (Phi) is 5.04. The van der Waals surface area contributed by atoms with Crippen molar-refractivity contribution in [2.75, 3.05) is 12.4 Å². The third-order valence-corrected chi connectivity index (χ3v) is 2.64. The maximum absolute atomic E-state index is 12.0. The van der Waals surface area contributed by atoms with Crippen molar-refractivity contribution < 1.29 is 18.3 Å². The number of pyridine rings is 1. The molecule has 0 amide bonds. The summed E-state index contributed by atoms with van der Waals surface area (Å²) in [5.41, 5.74) is 0.602. The smallest absolute Gasteiger partial charge is 0.387 e. The Morgan fingerprint density at radius 2 is 2.10 bits per heavy atom. The van der Waals surface area contributed by atoms with E-state index in [0.717, 1.165) is 0 Å². The Labute approximate surface area is 124 Å². The van der Waals surface area contributed by atoms with E-state index in [4.69, 9.17) is 16.3 Å². The van der Waals surface area contributed by atoms with Crippen LogP contribution in [0, 0.1) is 0 Å². The molecule has 6 nitrogen and oxygen atoms in total. The van der Waals surface area contributed by atoms with E-state index in [0.29, 0.717) is 23.1 Å². The average Bonchev–Trinajstić information content (AvgIpc) is 2.47. The summed E-state index contributed by atoms with van der Waals surface area (Å²) < 4.78 is 33.1. The minimum atomic E-state index is -2.87. The first-order valence-corrected chi connectivity index (χ1v) is 6.16. The van der Waals surface area contributed by atoms with Crippen LogP contribution in [0.25, 0.3) is 0 Å². The van der Waals surface area contributed by atoms with Gasteiger partial charge in [0.15, 0.2) is 5.82 Å². The van der Waals surface area contributed by atoms with Gasteiger partial charge in [-0.05, 0) is 12.1 Å². The lowest BCUT2D eigenvalue weighted by molar-refractivity contribution is -0.0500. The summed E-state index contributed by atoms with van der Waals surface area (Å²) in [5, 5.41) is 3.28. The maximum atomic E-state index is 12.0. The first-order chi connectivity index (χ1) is 10.1. The Hall–Kier alpha value is -2.22. The van der Waals surface area contributed by atoms with E-state index in [1.807, 2.05) is 0 Å². The Morgan fingerprint density at radius 3 is 2.71 bits per heavy atom. The van der Waals surface area contributed by atoms with E-state index < -0.39 is 6.61 Å². The molecule has 0 saturated heterocycles. The third-order valence-electron chi connectivity index (χ3n) is 2.36. The standard InChI is InChI=1S/C12H11ClF2N4O2/c1-20-12-18-6-9(13)10(19-12)17-4-7-2-3-8(5-16-7)21-11(14)15/h2-3,5-6,11H,4H2,1H3,(H,17,18,19). The predicted octanol–water partition coefficient (Wildman–Crippen LogP) is 2.75. The monoisotopic (exact) mass is 316 g/mol. The van der Waals surface area contributed by atoms with Crippen LogP contribution < -0.4 is 14.8 Å². The zero-order valence-corrected chi connectivity index (χ0v) is 11.6. The van der Waals surface area contributed by atoms with Crippen molar-refractivity contribution in [3.05, 3.63) is 35.2 Å². The second kappa shape index (κ2) is 6.98. The highest BCUT2D eigenvalue weighted by molar-refractivity contribution is 6.32. The quantitative estimate of drug-likeness (QED) is 0.883. The van der Waals surface area contributed by atoms with Crippen LogP contribution in [0.15, 0.2) is 24.5 Å². The van der Waals surface area contributed by atoms with Gasteiger partial charge < -0.3 is 14.8 Å². The minimum Gasteiger partial charge on any atom is -0.467 e. The lowest BCUT2D eigenvalue weighted by Gasteiger charge is -2.08. The normalized spacial score (nSPS) is 10.5. The van der Waals surface area contributed by atoms with Crippen molar-refractivity contribution >= 4 is 17.4 Å². The van der Waals surface area contributed by atoms with Crippen molar-refractivity contribution in [3.8, 4) is 11.8 Å². The number of anilines is 1. The van der Waals surface area contributed by atoms with Gasteiger partial charge in [-0.3, -0.25) is 4.98 Å². The van der Waals surface area contributed by atoms with Crippen molar-refractivity contribution in [1.82, 2.24) is 15.0 Å². The summed E-state index contributed by atoms with van der Waals surface area (Å²) in [4.78, 5) is 11.9. The average molecular weight is 317 g/mol. The number of aromatic nitrogens is 3. The molecule has 0 unspecified atom stereocenters. The van der Waals surface area contributed by atoms with Gasteiger partial charge in [0, 0.05) is 0 Å². The van der Waals surface area contributed by atoms with Gasteiger partial charge in [-0.2, -0.15) is 13.8 Å². The molecule has 0 bridgehead atoms. The SMILES string of the molecule is COc1ncc(Cl)c(NCc2ccc(OC(F)F)cn2)n1. The van der Waals surface area contributed by atoms with Gasteiger partial charge in [0.1, 0.15) is 10.8 Å². The molecule has 0 atom stereocenters. The number of hydrogen-bond donors (Lipinski definition) is 1. The number of methoxy groups -OCH3 is 1. The molecule has 1 N–H and O–H groups in total. The number of rotatable bonds is 6. The van der Waals surface area contributed by atoms with E-state index >= 15 is 0 Å². The molecule has 9 heteroatoms. The van der Waals surface area contributed by atoms with Crippen LogP contribution in [0.1, 0.15) is 5.69 Å². The Bertz CT molecular complexity index is 598. The predicted molar refractivity (Wildman–Crippen MR) is 71.8 cm³/mol. The number of ether oxygens (including phenoxy) is 2. The molecule has 2 aromatic heterocycles. The molecule has 112 valence electrons. The van der Waals surface area contributed by atoms with Crippen LogP contribution in [0.3, 0.4) is 0 Å². The van der Waals surface area contributed by atoms with Gasteiger partial charge in [-0.1, -0.05) is 11.6 Å². The van der Waals surface area contributed by atoms with Crippen molar-refractivity contribution in [1.29, 1.82) is 0 Å². The summed E-state index contributed by atoms with van der Waals surface area (Å²) in [6, 6.07) is 3.13. The largest absolute Gasteiger partial charge is 0.467 e. The molecule has 0 radical (unpaired) electrons. The summed E-state index contributed by atoms with van der Waals surface area (Å²) in [5.74, 6) is 0.383. The number of nitrogens with one attached hydrogen (secondary N) is 1. The molecule has 2 aromatic rings. The second-order valence-corrected chi connectivity index (χ2v) is 4.18. The lowest BCUT2D eigenvalue weighted by atomic mass is 10.3. The maximum Gasteiger partial charge on any atom is 0.387 e. The van der Waals surface area contributed by atoms with Crippen LogP contribution in [0.5, 0.6) is 11.8 Å². The topological polar surface area (TPSA) is 69.2 Å². The fourth-order valence-corrected chi connectivity index (χ4v) is 1.59. The van der Waals surface area contributed by atoms with E-state index in [1.165, 1.54) is 25.6 Å². The zero-order valence-electron chi connectivity index (χ0n) is 10.9. The zero-order chi connectivity index (χ0) is 15.2. The number of alkyl halides is 2. The lowest BCUT2D eigenvalue weighted by Crippen LogP contribution is -2.06. The molecule has 2 rings (SSSR count). The number of halogens is 3. The van der Waals surface area contributed by atoms with Gasteiger partial charge in [-0.25, -0.2) is 4.98 Å². The van der Waals surface area contributed by atoms with E-state index in [2.05, 4.69) is 25.0 Å². The van der Waals surface area contributed by atoms with E-state index in [-0.39, 0.29) is 11.8 Å². The van der Waals surface area contributed by atoms with Crippen LogP contribution >= 0.6 is 11.6 Å². The van der Waals surface area contributed by atoms with Crippen molar-refractivity contribution in [2.24, 2.45) is 0 Å². The molecule has 2 heterocycles. The van der Waals surface area contributed by atoms with Crippen LogP contribution in [0.4, 0.5) is 14.6 Å². The fraction of sp³-hybridized carbons (Fsp3) is 0.250. The van der Waals surface area contributed by atoms with Crippen LogP contribution in [0.2, 0.25) is 5.02 Å². The van der Waals surface area contributed by atoms with E-state index in [1.54, 1.807) is 6.07 Å². The molecule has 0 fully saturated rings. The van der Waals surface area contributed by atoms with Crippen LogP contribution in [-0.4, -0.2) is 28.7 Å². The summed E-state index contributed by atoms with van der Waals surface area (Å²) in [6.07, 6.45) is 2.62. The molecule has 0 aliphatic heterocycles. The van der Waals surface area contributed by atoms with Crippen molar-refractivity contribution in [2.45, 2.75) is 13.2 Å². The van der Waals surface area contributed by atoms with Crippen molar-refractivity contribution in [3.63, 3.8) is 0 Å². The highest BCUT2D eigenvalue weighted by atomic mass is 35.5. The minimum absolute atomic E-state index is 0.00418. The van der Waals surface area contributed by atoms with E-state index in [9.17, 15) is 8.78 Å². The number of hydrogen-bond acceptors (Lipinski definition) is 6. The first kappa shape index (κ1) is 15.2. The summed E-state index contributed by atoms with van der Waals surface area (Å²) >= 11 is 5.94. The summed E-state index contributed by atoms with van der Waals surface area (Å²) in [7, 11) is 1.44. The van der Waals surface area contributed by atoms with Gasteiger partial charge >= 0.3 is 12.6 Å². The highest BCUT2D eigenvalue weighted by Crippen LogP contribution is 2.21. The third kappa shape index (κ3) is 4.38.